The van der Waals surface area contributed by atoms with Gasteiger partial charge in [-0.1, -0.05) is 12.1 Å². The summed E-state index contributed by atoms with van der Waals surface area (Å²) >= 11 is 0. The number of rotatable bonds is 4. The molecular weight excluding hydrogens is 329 g/mol. The zero-order chi connectivity index (χ0) is 18.4. The van der Waals surface area contributed by atoms with Gasteiger partial charge in [-0.25, -0.2) is 4.39 Å². The van der Waals surface area contributed by atoms with Crippen molar-refractivity contribution in [2.45, 2.75) is 0 Å². The lowest BCUT2D eigenvalue weighted by Gasteiger charge is -2.37. The van der Waals surface area contributed by atoms with Gasteiger partial charge in [0.05, 0.1) is 5.69 Å². The Labute approximate surface area is 152 Å². The highest BCUT2D eigenvalue weighted by atomic mass is 19.1. The van der Waals surface area contributed by atoms with E-state index in [2.05, 4.69) is 15.1 Å². The topological polar surface area (TPSA) is 66.1 Å². The molecule has 2 aromatic carbocycles. The summed E-state index contributed by atoms with van der Waals surface area (Å²) in [7, 11) is 0. The number of hydrogen-bond acceptors (Lipinski definition) is 5. The molecule has 6 heteroatoms. The second-order valence-corrected chi connectivity index (χ2v) is 5.90. The molecule has 1 N–H and O–H groups in total. The number of allylic oxidation sites excluding steroid dienone is 1. The second-order valence-electron chi connectivity index (χ2n) is 5.90. The van der Waals surface area contributed by atoms with Gasteiger partial charge < -0.3 is 15.1 Å². The fourth-order valence-electron chi connectivity index (χ4n) is 2.93. The van der Waals surface area contributed by atoms with Gasteiger partial charge in [0.25, 0.3) is 0 Å². The molecule has 5 nitrogen and oxygen atoms in total. The quantitative estimate of drug-likeness (QED) is 0.858. The molecule has 0 saturated carbocycles. The van der Waals surface area contributed by atoms with E-state index in [1.807, 2.05) is 36.4 Å². The van der Waals surface area contributed by atoms with E-state index >= 15 is 0 Å². The molecule has 0 aliphatic carbocycles. The molecule has 1 aliphatic rings. The molecule has 1 aliphatic heterocycles. The van der Waals surface area contributed by atoms with Crippen LogP contribution in [0.5, 0.6) is 0 Å². The first-order valence-electron chi connectivity index (χ1n) is 8.32. The standard InChI is InChI=1S/C20H18FN5/c21-19-3-1-2-4-20(19)26-11-9-25(10-12-26)18-7-5-17(6-8-18)24-15-16(13-22)14-23/h1-8,15,24H,9-12H2. The van der Waals surface area contributed by atoms with Crippen molar-refractivity contribution in [3.63, 3.8) is 0 Å². The van der Waals surface area contributed by atoms with Crippen LogP contribution in [0.3, 0.4) is 0 Å². The van der Waals surface area contributed by atoms with E-state index in [1.165, 1.54) is 12.3 Å². The summed E-state index contributed by atoms with van der Waals surface area (Å²) < 4.78 is 13.9. The smallest absolute Gasteiger partial charge is 0.146 e. The molecule has 1 fully saturated rings. The average molecular weight is 347 g/mol. The van der Waals surface area contributed by atoms with Gasteiger partial charge in [0, 0.05) is 43.8 Å². The SMILES string of the molecule is N#CC(C#N)=CNc1ccc(N2CCN(c3ccccc3F)CC2)cc1. The van der Waals surface area contributed by atoms with E-state index in [4.69, 9.17) is 10.5 Å². The molecule has 0 bridgehead atoms. The Morgan fingerprint density at radius 1 is 0.923 bits per heavy atom. The first-order chi connectivity index (χ1) is 12.7. The molecule has 0 amide bonds. The van der Waals surface area contributed by atoms with Gasteiger partial charge >= 0.3 is 0 Å². The molecule has 0 unspecified atom stereocenters. The van der Waals surface area contributed by atoms with E-state index in [9.17, 15) is 4.39 Å². The number of piperazine rings is 1. The van der Waals surface area contributed by atoms with Crippen molar-refractivity contribution in [2.75, 3.05) is 41.3 Å². The third-order valence-corrected chi connectivity index (χ3v) is 4.33. The third-order valence-electron chi connectivity index (χ3n) is 4.33. The number of benzene rings is 2. The van der Waals surface area contributed by atoms with Gasteiger partial charge in [0.2, 0.25) is 0 Å². The molecule has 0 spiro atoms. The highest BCUT2D eigenvalue weighted by Crippen LogP contribution is 2.23. The van der Waals surface area contributed by atoms with Gasteiger partial charge in [0.1, 0.15) is 23.5 Å². The lowest BCUT2D eigenvalue weighted by molar-refractivity contribution is 0.598. The van der Waals surface area contributed by atoms with E-state index in [0.717, 1.165) is 37.6 Å². The highest BCUT2D eigenvalue weighted by molar-refractivity contribution is 5.58. The summed E-state index contributed by atoms with van der Waals surface area (Å²) in [5, 5.41) is 20.4. The number of para-hydroxylation sites is 1. The molecule has 3 rings (SSSR count). The van der Waals surface area contributed by atoms with Crippen LogP contribution in [-0.2, 0) is 0 Å². The Kier molecular flexibility index (Phi) is 5.36. The minimum absolute atomic E-state index is 0.0262. The Hall–Kier alpha value is -3.51. The molecule has 1 heterocycles. The van der Waals surface area contributed by atoms with Crippen molar-refractivity contribution in [1.82, 2.24) is 0 Å². The van der Waals surface area contributed by atoms with E-state index in [-0.39, 0.29) is 11.4 Å². The number of halogens is 1. The predicted molar refractivity (Wildman–Crippen MR) is 100 cm³/mol. The molecule has 0 aromatic heterocycles. The van der Waals surface area contributed by atoms with Crippen molar-refractivity contribution in [3.05, 3.63) is 66.1 Å². The van der Waals surface area contributed by atoms with E-state index < -0.39 is 0 Å². The highest BCUT2D eigenvalue weighted by Gasteiger charge is 2.19. The van der Waals surface area contributed by atoms with Crippen LogP contribution in [0.25, 0.3) is 0 Å². The van der Waals surface area contributed by atoms with Crippen LogP contribution in [0.4, 0.5) is 21.5 Å². The van der Waals surface area contributed by atoms with Crippen LogP contribution in [0.15, 0.2) is 60.3 Å². The van der Waals surface area contributed by atoms with Crippen molar-refractivity contribution >= 4 is 17.1 Å². The Morgan fingerprint density at radius 3 is 2.15 bits per heavy atom. The van der Waals surface area contributed by atoms with Crippen LogP contribution in [0.1, 0.15) is 0 Å². The Morgan fingerprint density at radius 2 is 1.54 bits per heavy atom. The lowest BCUT2D eigenvalue weighted by Crippen LogP contribution is -2.46. The van der Waals surface area contributed by atoms with Crippen LogP contribution in [-0.4, -0.2) is 26.2 Å². The Bertz CT molecular complexity index is 852. The van der Waals surface area contributed by atoms with Crippen molar-refractivity contribution < 1.29 is 4.39 Å². The predicted octanol–water partition coefficient (Wildman–Crippen LogP) is 3.50. The van der Waals surface area contributed by atoms with Crippen LogP contribution in [0, 0.1) is 28.5 Å². The first-order valence-corrected chi connectivity index (χ1v) is 8.32. The molecule has 0 atom stereocenters. The number of nitrogens with zero attached hydrogens (tertiary/aromatic N) is 4. The number of hydrogen-bond donors (Lipinski definition) is 1. The lowest BCUT2D eigenvalue weighted by atomic mass is 10.2. The number of anilines is 3. The molecule has 2 aromatic rings. The summed E-state index contributed by atoms with van der Waals surface area (Å²) in [5.74, 6) is -0.182. The maximum Gasteiger partial charge on any atom is 0.146 e. The normalized spacial score (nSPS) is 13.5. The third kappa shape index (κ3) is 3.93. The van der Waals surface area contributed by atoms with Gasteiger partial charge in [0.15, 0.2) is 0 Å². The monoisotopic (exact) mass is 347 g/mol. The van der Waals surface area contributed by atoms with Crippen LogP contribution >= 0.6 is 0 Å². The molecule has 1 saturated heterocycles. The van der Waals surface area contributed by atoms with Crippen molar-refractivity contribution in [2.24, 2.45) is 0 Å². The fraction of sp³-hybridized carbons (Fsp3) is 0.200. The molecular formula is C20H18FN5. The summed E-state index contributed by atoms with van der Waals surface area (Å²) in [4.78, 5) is 4.32. The van der Waals surface area contributed by atoms with Gasteiger partial charge in [-0.2, -0.15) is 10.5 Å². The van der Waals surface area contributed by atoms with E-state index in [0.29, 0.717) is 5.69 Å². The molecule has 0 radical (unpaired) electrons. The maximum absolute atomic E-state index is 13.9. The van der Waals surface area contributed by atoms with Gasteiger partial charge in [-0.05, 0) is 36.4 Å². The zero-order valence-electron chi connectivity index (χ0n) is 14.2. The summed E-state index contributed by atoms with van der Waals surface area (Å²) in [6.07, 6.45) is 1.39. The fourth-order valence-corrected chi connectivity index (χ4v) is 2.93. The largest absolute Gasteiger partial charge is 0.368 e. The minimum Gasteiger partial charge on any atom is -0.368 e. The van der Waals surface area contributed by atoms with E-state index in [1.54, 1.807) is 18.2 Å². The first kappa shape index (κ1) is 17.3. The summed E-state index contributed by atoms with van der Waals surface area (Å²) in [6, 6.07) is 18.3. The summed E-state index contributed by atoms with van der Waals surface area (Å²) in [6.45, 7) is 3.15. The number of nitrogens with one attached hydrogen (secondary N) is 1. The van der Waals surface area contributed by atoms with Gasteiger partial charge in [-0.3, -0.25) is 0 Å². The number of nitriles is 2. The van der Waals surface area contributed by atoms with Crippen molar-refractivity contribution in [1.29, 1.82) is 10.5 Å². The minimum atomic E-state index is -0.182. The Balaban J connectivity index is 1.60. The summed E-state index contributed by atoms with van der Waals surface area (Å²) in [5.41, 5.74) is 2.58. The van der Waals surface area contributed by atoms with Gasteiger partial charge in [-0.15, -0.1) is 0 Å². The van der Waals surface area contributed by atoms with Crippen LogP contribution < -0.4 is 15.1 Å². The second kappa shape index (κ2) is 8.04. The molecule has 130 valence electrons. The maximum atomic E-state index is 13.9. The zero-order valence-corrected chi connectivity index (χ0v) is 14.2. The molecule has 26 heavy (non-hydrogen) atoms. The van der Waals surface area contributed by atoms with Crippen molar-refractivity contribution in [3.8, 4) is 12.1 Å². The average Bonchev–Trinajstić information content (AvgIpc) is 2.70. The van der Waals surface area contributed by atoms with Crippen LogP contribution in [0.2, 0.25) is 0 Å².